The van der Waals surface area contributed by atoms with E-state index in [2.05, 4.69) is 15.5 Å². The molecule has 0 fully saturated rings. The van der Waals surface area contributed by atoms with Gasteiger partial charge in [-0.2, -0.15) is 0 Å². The fourth-order valence-electron chi connectivity index (χ4n) is 3.10. The van der Waals surface area contributed by atoms with Crippen LogP contribution in [0.1, 0.15) is 48.4 Å². The van der Waals surface area contributed by atoms with E-state index in [1.807, 2.05) is 20.8 Å². The summed E-state index contributed by atoms with van der Waals surface area (Å²) in [6.07, 6.45) is 0. The number of carboxylic acids is 1. The zero-order valence-corrected chi connectivity index (χ0v) is 16.5. The molecule has 2 aromatic carbocycles. The molecule has 0 unspecified atom stereocenters. The lowest BCUT2D eigenvalue weighted by Gasteiger charge is -2.15. The van der Waals surface area contributed by atoms with Gasteiger partial charge in [-0.1, -0.05) is 20.8 Å². The maximum atomic E-state index is 11.2. The standard InChI is InChI=1S/C21H24N4O4/c1-4-22-11-19-23-24-20(16-9-15(12(2)3)17(26)10-18(16)27)25(19)14-7-5-13(6-8-14)21(28)29/h5-10,12,22,26-27H,4,11H2,1-3H3,(H,28,29). The molecule has 29 heavy (non-hydrogen) atoms. The summed E-state index contributed by atoms with van der Waals surface area (Å²) in [5.41, 5.74) is 1.96. The highest BCUT2D eigenvalue weighted by molar-refractivity contribution is 5.87. The van der Waals surface area contributed by atoms with Gasteiger partial charge in [-0.15, -0.1) is 10.2 Å². The van der Waals surface area contributed by atoms with Gasteiger partial charge in [0.15, 0.2) is 11.6 Å². The van der Waals surface area contributed by atoms with Gasteiger partial charge >= 0.3 is 5.97 Å². The van der Waals surface area contributed by atoms with Crippen molar-refractivity contribution in [1.82, 2.24) is 20.1 Å². The van der Waals surface area contributed by atoms with E-state index in [0.717, 1.165) is 6.54 Å². The SMILES string of the molecule is CCNCc1nnc(-c2cc(C(C)C)c(O)cc2O)n1-c1ccc(C(=O)O)cc1. The molecule has 152 valence electrons. The van der Waals surface area contributed by atoms with E-state index in [1.165, 1.54) is 18.2 Å². The highest BCUT2D eigenvalue weighted by Gasteiger charge is 2.21. The number of aromatic hydroxyl groups is 2. The largest absolute Gasteiger partial charge is 0.508 e. The van der Waals surface area contributed by atoms with Gasteiger partial charge in [0.1, 0.15) is 11.5 Å². The van der Waals surface area contributed by atoms with Crippen molar-refractivity contribution in [3.05, 3.63) is 53.3 Å². The van der Waals surface area contributed by atoms with Crippen LogP contribution < -0.4 is 5.32 Å². The Bertz CT molecular complexity index is 1030. The van der Waals surface area contributed by atoms with Crippen molar-refractivity contribution in [1.29, 1.82) is 0 Å². The average molecular weight is 396 g/mol. The van der Waals surface area contributed by atoms with E-state index in [9.17, 15) is 15.0 Å². The number of carbonyl (C=O) groups is 1. The molecule has 3 aromatic rings. The molecule has 8 heteroatoms. The number of nitrogens with zero attached hydrogens (tertiary/aromatic N) is 3. The maximum Gasteiger partial charge on any atom is 0.335 e. The number of aromatic carboxylic acids is 1. The quantitative estimate of drug-likeness (QED) is 0.484. The fourth-order valence-corrected chi connectivity index (χ4v) is 3.10. The van der Waals surface area contributed by atoms with Gasteiger partial charge in [-0.3, -0.25) is 4.57 Å². The van der Waals surface area contributed by atoms with Crippen LogP contribution in [0.4, 0.5) is 0 Å². The second-order valence-corrected chi connectivity index (χ2v) is 6.99. The third kappa shape index (κ3) is 4.07. The summed E-state index contributed by atoms with van der Waals surface area (Å²) in [7, 11) is 0. The molecule has 0 saturated carbocycles. The minimum absolute atomic E-state index is 0.0194. The number of hydrogen-bond donors (Lipinski definition) is 4. The Hall–Kier alpha value is -3.39. The first-order valence-electron chi connectivity index (χ1n) is 9.38. The number of phenolic OH excluding ortho intramolecular Hbond substituents is 2. The van der Waals surface area contributed by atoms with Gasteiger partial charge in [0, 0.05) is 11.8 Å². The van der Waals surface area contributed by atoms with Crippen LogP contribution in [0.25, 0.3) is 17.1 Å². The Morgan fingerprint density at radius 2 is 1.79 bits per heavy atom. The molecule has 0 bridgehead atoms. The van der Waals surface area contributed by atoms with Crippen LogP contribution in [-0.2, 0) is 6.54 Å². The molecule has 0 radical (unpaired) electrons. The van der Waals surface area contributed by atoms with Crippen LogP contribution in [0.3, 0.4) is 0 Å². The number of carboxylic acid groups (broad SMARTS) is 1. The zero-order valence-electron chi connectivity index (χ0n) is 16.5. The van der Waals surface area contributed by atoms with Gasteiger partial charge in [0.2, 0.25) is 0 Å². The van der Waals surface area contributed by atoms with E-state index < -0.39 is 5.97 Å². The summed E-state index contributed by atoms with van der Waals surface area (Å²) in [6.45, 7) is 7.05. The summed E-state index contributed by atoms with van der Waals surface area (Å²) < 4.78 is 1.77. The lowest BCUT2D eigenvalue weighted by atomic mass is 9.98. The molecule has 0 spiro atoms. The molecule has 0 aliphatic rings. The van der Waals surface area contributed by atoms with Gasteiger partial charge in [-0.05, 0) is 48.4 Å². The van der Waals surface area contributed by atoms with Crippen molar-refractivity contribution in [3.8, 4) is 28.6 Å². The number of hydrogen-bond acceptors (Lipinski definition) is 6. The molecule has 3 rings (SSSR count). The Balaban J connectivity index is 2.19. The molecule has 1 heterocycles. The predicted molar refractivity (Wildman–Crippen MR) is 109 cm³/mol. The minimum Gasteiger partial charge on any atom is -0.508 e. The monoisotopic (exact) mass is 396 g/mol. The van der Waals surface area contributed by atoms with E-state index in [1.54, 1.807) is 22.8 Å². The molecule has 4 N–H and O–H groups in total. The Morgan fingerprint density at radius 3 is 2.38 bits per heavy atom. The lowest BCUT2D eigenvalue weighted by molar-refractivity contribution is 0.0697. The van der Waals surface area contributed by atoms with Crippen LogP contribution in [0.5, 0.6) is 11.5 Å². The average Bonchev–Trinajstić information content (AvgIpc) is 3.09. The van der Waals surface area contributed by atoms with Crippen molar-refractivity contribution in [3.63, 3.8) is 0 Å². The molecule has 1 aromatic heterocycles. The molecule has 0 atom stereocenters. The third-order valence-electron chi connectivity index (χ3n) is 4.64. The Kier molecular flexibility index (Phi) is 5.84. The van der Waals surface area contributed by atoms with Crippen LogP contribution in [0, 0.1) is 0 Å². The van der Waals surface area contributed by atoms with E-state index in [4.69, 9.17) is 5.11 Å². The van der Waals surface area contributed by atoms with Crippen LogP contribution in [0.2, 0.25) is 0 Å². The lowest BCUT2D eigenvalue weighted by Crippen LogP contribution is -2.16. The number of phenols is 2. The molecular weight excluding hydrogens is 372 g/mol. The highest BCUT2D eigenvalue weighted by Crippen LogP contribution is 2.38. The van der Waals surface area contributed by atoms with Crippen LogP contribution in [-0.4, -0.2) is 42.6 Å². The van der Waals surface area contributed by atoms with Crippen molar-refractivity contribution >= 4 is 5.97 Å². The fraction of sp³-hybridized carbons (Fsp3) is 0.286. The summed E-state index contributed by atoms with van der Waals surface area (Å²) in [6, 6.07) is 9.38. The molecule has 0 aliphatic heterocycles. The first kappa shape index (κ1) is 20.3. The van der Waals surface area contributed by atoms with Gasteiger partial charge in [-0.25, -0.2) is 4.79 Å². The predicted octanol–water partition coefficient (Wildman–Crippen LogP) is 3.28. The summed E-state index contributed by atoms with van der Waals surface area (Å²) in [5.74, 6) is -0.0412. The summed E-state index contributed by atoms with van der Waals surface area (Å²) >= 11 is 0. The van der Waals surface area contributed by atoms with Crippen molar-refractivity contribution in [2.24, 2.45) is 0 Å². The summed E-state index contributed by atoms with van der Waals surface area (Å²) in [5, 5.41) is 41.5. The van der Waals surface area contributed by atoms with E-state index >= 15 is 0 Å². The highest BCUT2D eigenvalue weighted by atomic mass is 16.4. The molecular formula is C21H24N4O4. The first-order valence-corrected chi connectivity index (χ1v) is 9.38. The van der Waals surface area contributed by atoms with Crippen LogP contribution in [0.15, 0.2) is 36.4 Å². The minimum atomic E-state index is -1.01. The summed E-state index contributed by atoms with van der Waals surface area (Å²) in [4.78, 5) is 11.2. The molecule has 0 amide bonds. The van der Waals surface area contributed by atoms with Crippen LogP contribution >= 0.6 is 0 Å². The number of aromatic nitrogens is 3. The zero-order chi connectivity index (χ0) is 21.1. The number of benzene rings is 2. The first-order chi connectivity index (χ1) is 13.8. The smallest absolute Gasteiger partial charge is 0.335 e. The van der Waals surface area contributed by atoms with Crippen molar-refractivity contribution < 1.29 is 20.1 Å². The Labute approximate surface area is 168 Å². The van der Waals surface area contributed by atoms with Crippen molar-refractivity contribution in [2.45, 2.75) is 33.2 Å². The topological polar surface area (TPSA) is 121 Å². The second kappa shape index (κ2) is 8.32. The van der Waals surface area contributed by atoms with Gasteiger partial charge < -0.3 is 20.6 Å². The van der Waals surface area contributed by atoms with E-state index in [0.29, 0.717) is 35.0 Å². The third-order valence-corrected chi connectivity index (χ3v) is 4.64. The molecule has 8 nitrogen and oxygen atoms in total. The second-order valence-electron chi connectivity index (χ2n) is 6.99. The van der Waals surface area contributed by atoms with Crippen molar-refractivity contribution in [2.75, 3.05) is 6.54 Å². The molecule has 0 aliphatic carbocycles. The Morgan fingerprint density at radius 1 is 1.10 bits per heavy atom. The van der Waals surface area contributed by atoms with Gasteiger partial charge in [0.05, 0.1) is 17.7 Å². The van der Waals surface area contributed by atoms with Gasteiger partial charge in [0.25, 0.3) is 0 Å². The molecule has 0 saturated heterocycles. The normalized spacial score (nSPS) is 11.2. The maximum absolute atomic E-state index is 11.2. The van der Waals surface area contributed by atoms with E-state index in [-0.39, 0.29) is 23.0 Å². The number of rotatable bonds is 7. The number of nitrogens with one attached hydrogen (secondary N) is 1.